The normalized spacial score (nSPS) is 20.4. The first-order valence-electron chi connectivity index (χ1n) is 7.16. The number of methoxy groups -OCH3 is 1. The highest BCUT2D eigenvalue weighted by atomic mass is 79.9. The fraction of sp³-hybridized carbons (Fsp3) is 0.786. The Kier molecular flexibility index (Phi) is 5.03. The molecule has 2 N–H and O–H groups in total. The molecule has 0 bridgehead atoms. The summed E-state index contributed by atoms with van der Waals surface area (Å²) >= 11 is 3.59. The van der Waals surface area contributed by atoms with E-state index >= 15 is 0 Å². The van der Waals surface area contributed by atoms with E-state index in [2.05, 4.69) is 28.0 Å². The first kappa shape index (κ1) is 15.0. The number of ether oxygens (including phenoxy) is 1. The van der Waals surface area contributed by atoms with E-state index in [1.165, 1.54) is 19.3 Å². The van der Waals surface area contributed by atoms with Crippen LogP contribution in [-0.2, 0) is 11.3 Å². The second kappa shape index (κ2) is 6.37. The van der Waals surface area contributed by atoms with E-state index in [4.69, 9.17) is 10.5 Å². The predicted octanol–water partition coefficient (Wildman–Crippen LogP) is 3.40. The Hall–Kier alpha value is -0.390. The first-order valence-corrected chi connectivity index (χ1v) is 7.96. The summed E-state index contributed by atoms with van der Waals surface area (Å²) in [7, 11) is 1.79. The van der Waals surface area contributed by atoms with E-state index in [9.17, 15) is 0 Å². The highest BCUT2D eigenvalue weighted by Gasteiger charge is 2.41. The van der Waals surface area contributed by atoms with Crippen LogP contribution in [0.25, 0.3) is 0 Å². The van der Waals surface area contributed by atoms with Crippen molar-refractivity contribution in [3.8, 4) is 0 Å². The van der Waals surface area contributed by atoms with Crippen molar-refractivity contribution < 1.29 is 4.74 Å². The quantitative estimate of drug-likeness (QED) is 0.900. The molecule has 1 heterocycles. The summed E-state index contributed by atoms with van der Waals surface area (Å²) in [6, 6.07) is -0.124. The predicted molar refractivity (Wildman–Crippen MR) is 80.0 cm³/mol. The summed E-state index contributed by atoms with van der Waals surface area (Å²) in [5.41, 5.74) is 7.42. The molecule has 2 rings (SSSR count). The largest absolute Gasteiger partial charge is 0.376 e. The molecule has 1 fully saturated rings. The van der Waals surface area contributed by atoms with Crippen molar-refractivity contribution in [2.24, 2.45) is 5.73 Å². The van der Waals surface area contributed by atoms with Gasteiger partial charge in [0, 0.05) is 13.7 Å². The van der Waals surface area contributed by atoms with Crippen molar-refractivity contribution in [3.05, 3.63) is 16.4 Å². The molecule has 1 aliphatic carbocycles. The highest BCUT2D eigenvalue weighted by molar-refractivity contribution is 9.10. The van der Waals surface area contributed by atoms with Gasteiger partial charge in [-0.05, 0) is 35.2 Å². The van der Waals surface area contributed by atoms with Gasteiger partial charge in [0.25, 0.3) is 0 Å². The van der Waals surface area contributed by atoms with Crippen molar-refractivity contribution >= 4 is 15.9 Å². The van der Waals surface area contributed by atoms with Gasteiger partial charge in [-0.15, -0.1) is 0 Å². The van der Waals surface area contributed by atoms with Crippen LogP contribution in [-0.4, -0.2) is 22.5 Å². The molecular formula is C14H24BrN3O. The zero-order chi connectivity index (χ0) is 13.9. The molecule has 4 nitrogen and oxygen atoms in total. The van der Waals surface area contributed by atoms with Gasteiger partial charge in [0.1, 0.15) is 0 Å². The van der Waals surface area contributed by atoms with E-state index in [1.807, 2.05) is 10.9 Å². The molecule has 0 spiro atoms. The number of rotatable bonds is 5. The van der Waals surface area contributed by atoms with Crippen LogP contribution in [0.4, 0.5) is 0 Å². The third-order valence-corrected chi connectivity index (χ3v) is 4.85. The van der Waals surface area contributed by atoms with Gasteiger partial charge in [0.05, 0.1) is 28.0 Å². The van der Waals surface area contributed by atoms with Crippen molar-refractivity contribution in [2.45, 2.75) is 63.6 Å². The maximum absolute atomic E-state index is 6.58. The zero-order valence-corrected chi connectivity index (χ0v) is 13.4. The van der Waals surface area contributed by atoms with Crippen molar-refractivity contribution in [3.63, 3.8) is 0 Å². The minimum atomic E-state index is -0.230. The second-order valence-corrected chi connectivity index (χ2v) is 6.26. The van der Waals surface area contributed by atoms with Gasteiger partial charge < -0.3 is 10.5 Å². The van der Waals surface area contributed by atoms with Gasteiger partial charge in [0.2, 0.25) is 0 Å². The van der Waals surface area contributed by atoms with Gasteiger partial charge in [-0.25, -0.2) is 0 Å². The van der Waals surface area contributed by atoms with Gasteiger partial charge >= 0.3 is 0 Å². The maximum atomic E-state index is 6.58. The van der Waals surface area contributed by atoms with E-state index < -0.39 is 0 Å². The Balaban J connectivity index is 2.31. The number of halogens is 1. The minimum absolute atomic E-state index is 0.124. The molecule has 0 saturated heterocycles. The first-order chi connectivity index (χ1) is 9.14. The SMILES string of the molecule is CCCn1ncc(Br)c1C(N)C1(OC)CCCCC1. The molecule has 1 atom stereocenters. The fourth-order valence-electron chi connectivity index (χ4n) is 3.11. The van der Waals surface area contributed by atoms with Crippen LogP contribution >= 0.6 is 15.9 Å². The average molecular weight is 330 g/mol. The molecule has 1 unspecified atom stereocenters. The molecule has 0 radical (unpaired) electrons. The Morgan fingerprint density at radius 2 is 2.16 bits per heavy atom. The lowest BCUT2D eigenvalue weighted by molar-refractivity contribution is -0.0614. The van der Waals surface area contributed by atoms with Gasteiger partial charge in [-0.1, -0.05) is 26.2 Å². The lowest BCUT2D eigenvalue weighted by Gasteiger charge is -2.41. The van der Waals surface area contributed by atoms with Crippen LogP contribution < -0.4 is 5.73 Å². The third-order valence-electron chi connectivity index (χ3n) is 4.24. The van der Waals surface area contributed by atoms with Crippen molar-refractivity contribution in [2.75, 3.05) is 7.11 Å². The standard InChI is InChI=1S/C14H24BrN3O/c1-3-9-18-12(11(15)10-17-18)13(16)14(19-2)7-5-4-6-8-14/h10,13H,3-9,16H2,1-2H3. The van der Waals surface area contributed by atoms with Crippen LogP contribution in [0.3, 0.4) is 0 Å². The Labute approximate surface area is 123 Å². The van der Waals surface area contributed by atoms with Crippen LogP contribution in [0.1, 0.15) is 57.2 Å². The Morgan fingerprint density at radius 3 is 2.74 bits per heavy atom. The lowest BCUT2D eigenvalue weighted by atomic mass is 9.78. The van der Waals surface area contributed by atoms with E-state index in [-0.39, 0.29) is 11.6 Å². The smallest absolute Gasteiger partial charge is 0.0886 e. The third kappa shape index (κ3) is 2.88. The molecule has 108 valence electrons. The van der Waals surface area contributed by atoms with Crippen molar-refractivity contribution in [1.82, 2.24) is 9.78 Å². The van der Waals surface area contributed by atoms with Gasteiger partial charge in [-0.2, -0.15) is 5.10 Å². The number of nitrogens with two attached hydrogens (primary N) is 1. The molecule has 1 aromatic rings. The highest BCUT2D eigenvalue weighted by Crippen LogP contribution is 2.41. The monoisotopic (exact) mass is 329 g/mol. The second-order valence-electron chi connectivity index (χ2n) is 5.41. The Morgan fingerprint density at radius 1 is 1.47 bits per heavy atom. The van der Waals surface area contributed by atoms with E-state index in [0.717, 1.165) is 36.0 Å². The summed E-state index contributed by atoms with van der Waals surface area (Å²) in [4.78, 5) is 0. The molecule has 0 amide bonds. The summed E-state index contributed by atoms with van der Waals surface area (Å²) < 4.78 is 8.88. The van der Waals surface area contributed by atoms with Crippen LogP contribution in [0, 0.1) is 0 Å². The summed E-state index contributed by atoms with van der Waals surface area (Å²) in [6.07, 6.45) is 8.64. The molecule has 1 saturated carbocycles. The molecule has 1 aromatic heterocycles. The molecular weight excluding hydrogens is 306 g/mol. The van der Waals surface area contributed by atoms with Gasteiger partial charge in [-0.3, -0.25) is 4.68 Å². The topological polar surface area (TPSA) is 53.1 Å². The maximum Gasteiger partial charge on any atom is 0.0886 e. The number of aromatic nitrogens is 2. The molecule has 0 aromatic carbocycles. The zero-order valence-electron chi connectivity index (χ0n) is 11.9. The summed E-state index contributed by atoms with van der Waals surface area (Å²) in [5, 5.41) is 4.42. The summed E-state index contributed by atoms with van der Waals surface area (Å²) in [6.45, 7) is 3.05. The number of hydrogen-bond acceptors (Lipinski definition) is 3. The van der Waals surface area contributed by atoms with Gasteiger partial charge in [0.15, 0.2) is 0 Å². The fourth-order valence-corrected chi connectivity index (χ4v) is 3.66. The molecule has 5 heteroatoms. The molecule has 1 aliphatic rings. The van der Waals surface area contributed by atoms with E-state index in [0.29, 0.717) is 0 Å². The molecule has 19 heavy (non-hydrogen) atoms. The van der Waals surface area contributed by atoms with Crippen LogP contribution in [0.5, 0.6) is 0 Å². The van der Waals surface area contributed by atoms with E-state index in [1.54, 1.807) is 7.11 Å². The van der Waals surface area contributed by atoms with Crippen LogP contribution in [0.15, 0.2) is 10.7 Å². The minimum Gasteiger partial charge on any atom is -0.376 e. The summed E-state index contributed by atoms with van der Waals surface area (Å²) in [5.74, 6) is 0. The average Bonchev–Trinajstić information content (AvgIpc) is 2.80. The van der Waals surface area contributed by atoms with Crippen LogP contribution in [0.2, 0.25) is 0 Å². The lowest BCUT2D eigenvalue weighted by Crippen LogP contribution is -2.45. The number of aryl methyl sites for hydroxylation is 1. The number of hydrogen-bond donors (Lipinski definition) is 1. The molecule has 0 aliphatic heterocycles. The Bertz CT molecular complexity index is 413. The number of nitrogens with zero attached hydrogens (tertiary/aromatic N) is 2. The van der Waals surface area contributed by atoms with Crippen molar-refractivity contribution in [1.29, 1.82) is 0 Å².